The first-order valence-electron chi connectivity index (χ1n) is 6.09. The fourth-order valence-electron chi connectivity index (χ4n) is 2.05. The highest BCUT2D eigenvalue weighted by atomic mass is 16.5. The molecule has 0 aliphatic heterocycles. The number of nitrogens with one attached hydrogen (secondary N) is 2. The zero-order chi connectivity index (χ0) is 14.1. The number of aromatic nitrogens is 4. The van der Waals surface area contributed by atoms with Crippen molar-refractivity contribution < 1.29 is 4.74 Å². The van der Waals surface area contributed by atoms with Gasteiger partial charge in [0.25, 0.3) is 0 Å². The van der Waals surface area contributed by atoms with E-state index in [2.05, 4.69) is 31.7 Å². The second-order valence-corrected chi connectivity index (χ2v) is 4.55. The molecule has 0 aliphatic rings. The Hall–Kier alpha value is -2.67. The highest BCUT2D eigenvalue weighted by Gasteiger charge is 2.11. The van der Waals surface area contributed by atoms with Crippen LogP contribution in [0.25, 0.3) is 11.0 Å². The largest absolute Gasteiger partial charge is 0.438 e. The summed E-state index contributed by atoms with van der Waals surface area (Å²) in [5, 5.41) is 7.40. The third kappa shape index (κ3) is 2.26. The fourth-order valence-corrected chi connectivity index (χ4v) is 2.05. The Bertz CT molecular complexity index is 746. The van der Waals surface area contributed by atoms with Crippen LogP contribution in [0.5, 0.6) is 11.6 Å². The van der Waals surface area contributed by atoms with Crippen LogP contribution in [-0.4, -0.2) is 20.2 Å². The predicted molar refractivity (Wildman–Crippen MR) is 75.5 cm³/mol. The molecule has 0 aliphatic carbocycles. The van der Waals surface area contributed by atoms with Gasteiger partial charge in [0.2, 0.25) is 11.8 Å². The number of aryl methyl sites for hydroxylation is 2. The van der Waals surface area contributed by atoms with Crippen LogP contribution in [0.1, 0.15) is 11.1 Å². The van der Waals surface area contributed by atoms with Crippen molar-refractivity contribution in [2.24, 2.45) is 5.84 Å². The van der Waals surface area contributed by atoms with E-state index < -0.39 is 0 Å². The Labute approximate surface area is 115 Å². The number of fused-ring (bicyclic) bond motifs is 1. The zero-order valence-corrected chi connectivity index (χ0v) is 11.1. The molecule has 3 rings (SSSR count). The molecule has 0 saturated carbocycles. The predicted octanol–water partition coefficient (Wildman–Crippen LogP) is 2.05. The molecule has 0 bridgehead atoms. The van der Waals surface area contributed by atoms with Crippen molar-refractivity contribution in [3.8, 4) is 11.6 Å². The van der Waals surface area contributed by atoms with Gasteiger partial charge in [-0.1, -0.05) is 6.07 Å². The minimum Gasteiger partial charge on any atom is -0.438 e. The Morgan fingerprint density at radius 3 is 2.60 bits per heavy atom. The molecule has 0 fully saturated rings. The van der Waals surface area contributed by atoms with Gasteiger partial charge in [-0.15, -0.1) is 0 Å². The van der Waals surface area contributed by atoms with Gasteiger partial charge in [0.15, 0.2) is 5.65 Å². The van der Waals surface area contributed by atoms with Crippen molar-refractivity contribution in [2.75, 3.05) is 5.43 Å². The van der Waals surface area contributed by atoms with Crippen LogP contribution >= 0.6 is 0 Å². The summed E-state index contributed by atoms with van der Waals surface area (Å²) in [6.07, 6.45) is 1.62. The van der Waals surface area contributed by atoms with Gasteiger partial charge in [0, 0.05) is 0 Å². The van der Waals surface area contributed by atoms with E-state index in [1.54, 1.807) is 6.20 Å². The number of rotatable bonds is 3. The number of aromatic amines is 1. The molecule has 0 unspecified atom stereocenters. The normalized spacial score (nSPS) is 10.8. The van der Waals surface area contributed by atoms with Crippen molar-refractivity contribution in [1.29, 1.82) is 0 Å². The number of ether oxygens (including phenoxy) is 1. The number of H-pyrrole nitrogens is 1. The van der Waals surface area contributed by atoms with Crippen molar-refractivity contribution in [1.82, 2.24) is 20.2 Å². The average Bonchev–Trinajstić information content (AvgIpc) is 2.85. The number of hydrogen-bond donors (Lipinski definition) is 3. The summed E-state index contributed by atoms with van der Waals surface area (Å²) < 4.78 is 5.85. The monoisotopic (exact) mass is 270 g/mol. The Morgan fingerprint density at radius 2 is 1.90 bits per heavy atom. The third-order valence-corrected chi connectivity index (χ3v) is 2.81. The lowest BCUT2D eigenvalue weighted by Crippen LogP contribution is -2.10. The lowest BCUT2D eigenvalue weighted by molar-refractivity contribution is 0.468. The van der Waals surface area contributed by atoms with Crippen LogP contribution < -0.4 is 16.0 Å². The van der Waals surface area contributed by atoms with Crippen molar-refractivity contribution in [3.05, 3.63) is 35.5 Å². The summed E-state index contributed by atoms with van der Waals surface area (Å²) in [6, 6.07) is 5.96. The van der Waals surface area contributed by atoms with Crippen LogP contribution in [-0.2, 0) is 0 Å². The van der Waals surface area contributed by atoms with Crippen molar-refractivity contribution in [3.63, 3.8) is 0 Å². The molecule has 3 aromatic rings. The van der Waals surface area contributed by atoms with Crippen LogP contribution in [0.15, 0.2) is 24.4 Å². The summed E-state index contributed by atoms with van der Waals surface area (Å²) in [5.74, 6) is 6.74. The molecule has 1 aromatic carbocycles. The molecule has 0 atom stereocenters. The maximum absolute atomic E-state index is 5.85. The van der Waals surface area contributed by atoms with E-state index in [0.29, 0.717) is 22.7 Å². The third-order valence-electron chi connectivity index (χ3n) is 2.81. The number of hydrazine groups is 1. The summed E-state index contributed by atoms with van der Waals surface area (Å²) in [4.78, 5) is 8.36. The molecule has 7 nitrogen and oxygen atoms in total. The van der Waals surface area contributed by atoms with Gasteiger partial charge in [0.05, 0.1) is 6.20 Å². The van der Waals surface area contributed by atoms with Crippen molar-refractivity contribution in [2.45, 2.75) is 13.8 Å². The van der Waals surface area contributed by atoms with Gasteiger partial charge < -0.3 is 4.74 Å². The van der Waals surface area contributed by atoms with E-state index in [1.165, 1.54) is 0 Å². The van der Waals surface area contributed by atoms with Crippen molar-refractivity contribution >= 4 is 17.0 Å². The number of hydrogen-bond acceptors (Lipinski definition) is 6. The summed E-state index contributed by atoms with van der Waals surface area (Å²) in [7, 11) is 0. The standard InChI is InChI=1S/C13H14N6O/c1-7-3-8(2)5-9(4-7)20-12-10-6-15-19-11(10)16-13(17-12)18-14/h3-6H,14H2,1-2H3,(H2,15,16,17,18,19). The van der Waals surface area contributed by atoms with E-state index in [4.69, 9.17) is 10.6 Å². The van der Waals surface area contributed by atoms with Gasteiger partial charge in [-0.2, -0.15) is 15.1 Å². The first kappa shape index (κ1) is 12.4. The molecule has 7 heteroatoms. The minimum atomic E-state index is 0.265. The zero-order valence-electron chi connectivity index (χ0n) is 11.1. The van der Waals surface area contributed by atoms with Gasteiger partial charge in [-0.05, 0) is 37.1 Å². The van der Waals surface area contributed by atoms with E-state index in [1.807, 2.05) is 26.0 Å². The molecule has 0 amide bonds. The fraction of sp³-hybridized carbons (Fsp3) is 0.154. The maximum Gasteiger partial charge on any atom is 0.242 e. The lowest BCUT2D eigenvalue weighted by atomic mass is 10.1. The Morgan fingerprint density at radius 1 is 1.15 bits per heavy atom. The highest BCUT2D eigenvalue weighted by molar-refractivity contribution is 5.80. The molecule has 102 valence electrons. The maximum atomic E-state index is 5.85. The quantitative estimate of drug-likeness (QED) is 0.497. The molecule has 0 saturated heterocycles. The second kappa shape index (κ2) is 4.78. The van der Waals surface area contributed by atoms with E-state index in [0.717, 1.165) is 11.1 Å². The summed E-state index contributed by atoms with van der Waals surface area (Å²) >= 11 is 0. The van der Waals surface area contributed by atoms with E-state index in [9.17, 15) is 0 Å². The number of nitrogens with two attached hydrogens (primary N) is 1. The molecule has 20 heavy (non-hydrogen) atoms. The SMILES string of the molecule is Cc1cc(C)cc(Oc2nc(NN)nc3[nH]ncc23)c1. The first-order chi connectivity index (χ1) is 9.65. The Balaban J connectivity index is 2.07. The molecule has 0 radical (unpaired) electrons. The van der Waals surface area contributed by atoms with Crippen LogP contribution in [0.4, 0.5) is 5.95 Å². The number of anilines is 1. The average molecular weight is 270 g/mol. The Kier molecular flexibility index (Phi) is 2.96. The second-order valence-electron chi connectivity index (χ2n) is 4.55. The minimum absolute atomic E-state index is 0.265. The van der Waals surface area contributed by atoms with Crippen LogP contribution in [0, 0.1) is 13.8 Å². The number of benzene rings is 1. The van der Waals surface area contributed by atoms with Gasteiger partial charge in [-0.25, -0.2) is 5.84 Å². The summed E-state index contributed by atoms with van der Waals surface area (Å²) in [6.45, 7) is 4.03. The highest BCUT2D eigenvalue weighted by Crippen LogP contribution is 2.28. The van der Waals surface area contributed by atoms with E-state index >= 15 is 0 Å². The molecular formula is C13H14N6O. The topological polar surface area (TPSA) is 102 Å². The lowest BCUT2D eigenvalue weighted by Gasteiger charge is -2.08. The number of nitrogens with zero attached hydrogens (tertiary/aromatic N) is 3. The molecule has 2 aromatic heterocycles. The smallest absolute Gasteiger partial charge is 0.242 e. The van der Waals surface area contributed by atoms with Crippen LogP contribution in [0.3, 0.4) is 0 Å². The number of nitrogen functional groups attached to an aromatic ring is 1. The molecule has 0 spiro atoms. The molecule has 2 heterocycles. The van der Waals surface area contributed by atoms with Gasteiger partial charge in [-0.3, -0.25) is 10.5 Å². The van der Waals surface area contributed by atoms with E-state index in [-0.39, 0.29) is 5.95 Å². The first-order valence-corrected chi connectivity index (χ1v) is 6.09. The van der Waals surface area contributed by atoms with Crippen LogP contribution in [0.2, 0.25) is 0 Å². The molecular weight excluding hydrogens is 256 g/mol. The summed E-state index contributed by atoms with van der Waals surface area (Å²) in [5.41, 5.74) is 5.21. The van der Waals surface area contributed by atoms with Gasteiger partial charge in [0.1, 0.15) is 11.1 Å². The molecule has 4 N–H and O–H groups in total. The van der Waals surface area contributed by atoms with Gasteiger partial charge >= 0.3 is 0 Å².